The van der Waals surface area contributed by atoms with Crippen LogP contribution in [0.1, 0.15) is 22.7 Å². The molecule has 0 unspecified atom stereocenters. The SMILES string of the molecule is COc1cc2c(cc1OC)[C@H](Cc1ccc(N)cc1)NCC2. The van der Waals surface area contributed by atoms with Gasteiger partial charge >= 0.3 is 0 Å². The third-order valence-electron chi connectivity index (χ3n) is 4.23. The van der Waals surface area contributed by atoms with Crippen molar-refractivity contribution in [3.8, 4) is 11.5 Å². The van der Waals surface area contributed by atoms with E-state index in [0.717, 1.165) is 36.6 Å². The van der Waals surface area contributed by atoms with Crippen LogP contribution in [-0.4, -0.2) is 20.8 Å². The third-order valence-corrected chi connectivity index (χ3v) is 4.23. The lowest BCUT2D eigenvalue weighted by Gasteiger charge is -2.28. The lowest BCUT2D eigenvalue weighted by molar-refractivity contribution is 0.352. The Bertz CT molecular complexity index is 653. The van der Waals surface area contributed by atoms with Gasteiger partial charge in [-0.1, -0.05) is 12.1 Å². The Balaban J connectivity index is 1.91. The van der Waals surface area contributed by atoms with E-state index in [1.54, 1.807) is 14.2 Å². The highest BCUT2D eigenvalue weighted by atomic mass is 16.5. The van der Waals surface area contributed by atoms with Gasteiger partial charge in [0.15, 0.2) is 11.5 Å². The molecule has 0 aliphatic carbocycles. The van der Waals surface area contributed by atoms with E-state index in [0.29, 0.717) is 0 Å². The molecule has 3 N–H and O–H groups in total. The molecule has 0 saturated heterocycles. The first-order chi connectivity index (χ1) is 10.7. The number of anilines is 1. The maximum atomic E-state index is 5.76. The van der Waals surface area contributed by atoms with Crippen LogP contribution >= 0.6 is 0 Å². The minimum Gasteiger partial charge on any atom is -0.493 e. The van der Waals surface area contributed by atoms with Crippen molar-refractivity contribution < 1.29 is 9.47 Å². The second-order valence-electron chi connectivity index (χ2n) is 5.61. The summed E-state index contributed by atoms with van der Waals surface area (Å²) in [7, 11) is 3.35. The zero-order chi connectivity index (χ0) is 15.5. The quantitative estimate of drug-likeness (QED) is 0.852. The summed E-state index contributed by atoms with van der Waals surface area (Å²) in [6, 6.07) is 12.6. The van der Waals surface area contributed by atoms with Crippen molar-refractivity contribution in [3.63, 3.8) is 0 Å². The van der Waals surface area contributed by atoms with E-state index in [2.05, 4.69) is 29.6 Å². The van der Waals surface area contributed by atoms with Crippen molar-refractivity contribution in [2.24, 2.45) is 0 Å². The molecule has 0 saturated carbocycles. The maximum Gasteiger partial charge on any atom is 0.161 e. The molecule has 0 bridgehead atoms. The lowest BCUT2D eigenvalue weighted by Crippen LogP contribution is -2.31. The molecule has 2 aromatic carbocycles. The van der Waals surface area contributed by atoms with Gasteiger partial charge in [0.05, 0.1) is 14.2 Å². The van der Waals surface area contributed by atoms with Gasteiger partial charge in [0.2, 0.25) is 0 Å². The van der Waals surface area contributed by atoms with Gasteiger partial charge in [0, 0.05) is 11.7 Å². The fourth-order valence-electron chi connectivity index (χ4n) is 3.04. The van der Waals surface area contributed by atoms with Crippen LogP contribution in [-0.2, 0) is 12.8 Å². The molecule has 4 heteroatoms. The number of fused-ring (bicyclic) bond motifs is 1. The molecule has 3 rings (SSSR count). The number of methoxy groups -OCH3 is 2. The lowest BCUT2D eigenvalue weighted by atomic mass is 9.90. The molecular weight excluding hydrogens is 276 g/mol. The van der Waals surface area contributed by atoms with Crippen LogP contribution in [0.15, 0.2) is 36.4 Å². The molecule has 1 aliphatic rings. The van der Waals surface area contributed by atoms with Crippen molar-refractivity contribution in [2.45, 2.75) is 18.9 Å². The molecule has 1 aliphatic heterocycles. The number of nitrogens with one attached hydrogen (secondary N) is 1. The second-order valence-corrected chi connectivity index (χ2v) is 5.61. The highest BCUT2D eigenvalue weighted by Crippen LogP contribution is 2.36. The zero-order valence-corrected chi connectivity index (χ0v) is 13.1. The summed E-state index contributed by atoms with van der Waals surface area (Å²) in [6.45, 7) is 0.974. The largest absolute Gasteiger partial charge is 0.493 e. The summed E-state index contributed by atoms with van der Waals surface area (Å²) in [6.07, 6.45) is 1.94. The maximum absolute atomic E-state index is 5.76. The number of ether oxygens (including phenoxy) is 2. The van der Waals surface area contributed by atoms with Crippen molar-refractivity contribution in [2.75, 3.05) is 26.5 Å². The standard InChI is InChI=1S/C18H22N2O2/c1-21-17-10-13-7-8-20-16(15(13)11-18(17)22-2)9-12-3-5-14(19)6-4-12/h3-6,10-11,16,20H,7-9,19H2,1-2H3/t16-/m0/s1. The fraction of sp³-hybridized carbons (Fsp3) is 0.333. The van der Waals surface area contributed by atoms with Gasteiger partial charge in [0.1, 0.15) is 0 Å². The van der Waals surface area contributed by atoms with Crippen LogP contribution in [0, 0.1) is 0 Å². The van der Waals surface area contributed by atoms with Gasteiger partial charge in [0.25, 0.3) is 0 Å². The van der Waals surface area contributed by atoms with Crippen LogP contribution in [0.2, 0.25) is 0 Å². The predicted octanol–water partition coefficient (Wildman–Crippen LogP) is 2.72. The molecule has 22 heavy (non-hydrogen) atoms. The van der Waals surface area contributed by atoms with Crippen molar-refractivity contribution in [1.82, 2.24) is 5.32 Å². The predicted molar refractivity (Wildman–Crippen MR) is 88.6 cm³/mol. The molecule has 116 valence electrons. The Labute approximate surface area is 131 Å². The van der Waals surface area contributed by atoms with E-state index >= 15 is 0 Å². The van der Waals surface area contributed by atoms with Crippen molar-refractivity contribution >= 4 is 5.69 Å². The summed E-state index contributed by atoms with van der Waals surface area (Å²) in [5, 5.41) is 3.60. The Morgan fingerprint density at radius 1 is 1.09 bits per heavy atom. The van der Waals surface area contributed by atoms with Gasteiger partial charge < -0.3 is 20.5 Å². The number of rotatable bonds is 4. The van der Waals surface area contributed by atoms with E-state index < -0.39 is 0 Å². The third kappa shape index (κ3) is 2.88. The van der Waals surface area contributed by atoms with E-state index in [1.165, 1.54) is 16.7 Å². The zero-order valence-electron chi connectivity index (χ0n) is 13.1. The topological polar surface area (TPSA) is 56.5 Å². The molecule has 0 radical (unpaired) electrons. The van der Waals surface area contributed by atoms with E-state index in [9.17, 15) is 0 Å². The van der Waals surface area contributed by atoms with Crippen molar-refractivity contribution in [1.29, 1.82) is 0 Å². The minimum absolute atomic E-state index is 0.284. The first-order valence-electron chi connectivity index (χ1n) is 7.54. The molecule has 2 aromatic rings. The number of benzene rings is 2. The van der Waals surface area contributed by atoms with E-state index in [1.807, 2.05) is 12.1 Å². The minimum atomic E-state index is 0.284. The molecule has 0 spiro atoms. The molecule has 1 heterocycles. The highest BCUT2D eigenvalue weighted by Gasteiger charge is 2.22. The summed E-state index contributed by atoms with van der Waals surface area (Å²) < 4.78 is 10.9. The van der Waals surface area contributed by atoms with E-state index in [4.69, 9.17) is 15.2 Å². The molecule has 0 aromatic heterocycles. The van der Waals surface area contributed by atoms with Gasteiger partial charge in [-0.15, -0.1) is 0 Å². The van der Waals surface area contributed by atoms with Crippen LogP contribution < -0.4 is 20.5 Å². The first-order valence-corrected chi connectivity index (χ1v) is 7.54. The molecule has 0 fully saturated rings. The van der Waals surface area contributed by atoms with Crippen LogP contribution in [0.25, 0.3) is 0 Å². The second kappa shape index (κ2) is 6.28. The number of hydrogen-bond acceptors (Lipinski definition) is 4. The first kappa shape index (κ1) is 14.7. The average molecular weight is 298 g/mol. The normalized spacial score (nSPS) is 16.9. The Hall–Kier alpha value is -2.20. The van der Waals surface area contributed by atoms with Gasteiger partial charge in [-0.25, -0.2) is 0 Å². The summed E-state index contributed by atoms with van der Waals surface area (Å²) >= 11 is 0. The van der Waals surface area contributed by atoms with Gasteiger partial charge in [-0.05, 0) is 60.3 Å². The molecule has 1 atom stereocenters. The fourth-order valence-corrected chi connectivity index (χ4v) is 3.04. The van der Waals surface area contributed by atoms with E-state index in [-0.39, 0.29) is 6.04 Å². The number of nitrogen functional groups attached to an aromatic ring is 1. The smallest absolute Gasteiger partial charge is 0.161 e. The van der Waals surface area contributed by atoms with Crippen LogP contribution in [0.4, 0.5) is 5.69 Å². The summed E-state index contributed by atoms with van der Waals surface area (Å²) in [4.78, 5) is 0. The van der Waals surface area contributed by atoms with Crippen LogP contribution in [0.5, 0.6) is 11.5 Å². The molecule has 4 nitrogen and oxygen atoms in total. The molecular formula is C18H22N2O2. The number of nitrogens with two attached hydrogens (primary N) is 1. The Kier molecular flexibility index (Phi) is 4.20. The summed E-state index contributed by atoms with van der Waals surface area (Å²) in [5.41, 5.74) is 10.5. The Morgan fingerprint density at radius 2 is 1.77 bits per heavy atom. The average Bonchev–Trinajstić information content (AvgIpc) is 2.56. The van der Waals surface area contributed by atoms with Crippen LogP contribution in [0.3, 0.4) is 0 Å². The molecule has 0 amide bonds. The van der Waals surface area contributed by atoms with Gasteiger partial charge in [-0.2, -0.15) is 0 Å². The number of hydrogen-bond donors (Lipinski definition) is 2. The monoisotopic (exact) mass is 298 g/mol. The van der Waals surface area contributed by atoms with Gasteiger partial charge in [-0.3, -0.25) is 0 Å². The highest BCUT2D eigenvalue weighted by molar-refractivity contribution is 5.50. The van der Waals surface area contributed by atoms with Crippen molar-refractivity contribution in [3.05, 3.63) is 53.1 Å². The summed E-state index contributed by atoms with van der Waals surface area (Å²) in [5.74, 6) is 1.58. The Morgan fingerprint density at radius 3 is 2.45 bits per heavy atom.